The summed E-state index contributed by atoms with van der Waals surface area (Å²) in [6.45, 7) is -0.0910. The zero-order valence-corrected chi connectivity index (χ0v) is 14.8. The van der Waals surface area contributed by atoms with Crippen LogP contribution in [-0.2, 0) is 16.1 Å². The summed E-state index contributed by atoms with van der Waals surface area (Å²) in [5.74, 6) is 0.111. The number of aromatic nitrogens is 4. The van der Waals surface area contributed by atoms with Crippen LogP contribution in [0.4, 0.5) is 0 Å². The molecule has 0 unspecified atom stereocenters. The number of para-hydroxylation sites is 1. The van der Waals surface area contributed by atoms with Crippen LogP contribution < -0.4 is 0 Å². The van der Waals surface area contributed by atoms with Gasteiger partial charge in [0.05, 0.1) is 11.9 Å². The van der Waals surface area contributed by atoms with Crippen LogP contribution in [0.5, 0.6) is 0 Å². The van der Waals surface area contributed by atoms with Crippen molar-refractivity contribution in [1.82, 2.24) is 20.0 Å². The van der Waals surface area contributed by atoms with Crippen molar-refractivity contribution in [3.63, 3.8) is 0 Å². The van der Waals surface area contributed by atoms with Gasteiger partial charge in [0.25, 0.3) is 5.89 Å². The molecule has 0 amide bonds. The Hall–Kier alpha value is -4.00. The van der Waals surface area contributed by atoms with Crippen molar-refractivity contribution in [2.24, 2.45) is 0 Å². The van der Waals surface area contributed by atoms with Crippen molar-refractivity contribution in [2.75, 3.05) is 0 Å². The Morgan fingerprint density at radius 3 is 2.57 bits per heavy atom. The van der Waals surface area contributed by atoms with Crippen molar-refractivity contribution >= 4 is 12.0 Å². The number of benzene rings is 2. The summed E-state index contributed by atoms with van der Waals surface area (Å²) in [5.41, 5.74) is 2.53. The van der Waals surface area contributed by atoms with Crippen molar-refractivity contribution in [1.29, 1.82) is 0 Å². The highest BCUT2D eigenvalue weighted by Gasteiger charge is 2.09. The van der Waals surface area contributed by atoms with E-state index in [1.165, 1.54) is 6.08 Å². The molecule has 4 aromatic rings. The standard InChI is InChI=1S/C21H16N4O3/c26-20(12-11-16-13-22-25(14-16)18-9-5-2-6-10-18)27-15-19-23-24-21(28-19)17-7-3-1-4-8-17/h1-14H,15H2/b12-11+. The van der Waals surface area contributed by atoms with E-state index in [1.54, 1.807) is 17.0 Å². The first-order valence-electron chi connectivity index (χ1n) is 8.61. The molecule has 0 fully saturated rings. The third kappa shape index (κ3) is 4.21. The van der Waals surface area contributed by atoms with Gasteiger partial charge in [0.15, 0.2) is 6.61 Å². The molecule has 0 bridgehead atoms. The topological polar surface area (TPSA) is 83.0 Å². The maximum Gasteiger partial charge on any atom is 0.331 e. The smallest absolute Gasteiger partial charge is 0.331 e. The second-order valence-electron chi connectivity index (χ2n) is 5.86. The van der Waals surface area contributed by atoms with Crippen LogP contribution in [-0.4, -0.2) is 25.9 Å². The lowest BCUT2D eigenvalue weighted by Gasteiger charge is -1.98. The minimum absolute atomic E-state index is 0.0910. The Labute approximate surface area is 160 Å². The lowest BCUT2D eigenvalue weighted by molar-refractivity contribution is -0.139. The fraction of sp³-hybridized carbons (Fsp3) is 0.0476. The molecule has 0 aliphatic rings. The summed E-state index contributed by atoms with van der Waals surface area (Å²) in [4.78, 5) is 11.9. The number of ether oxygens (including phenoxy) is 1. The van der Waals surface area contributed by atoms with Crippen molar-refractivity contribution in [3.05, 3.63) is 90.6 Å². The van der Waals surface area contributed by atoms with Crippen LogP contribution in [0.1, 0.15) is 11.5 Å². The summed E-state index contributed by atoms with van der Waals surface area (Å²) in [5, 5.41) is 12.1. The molecule has 0 saturated heterocycles. The molecule has 2 heterocycles. The lowest BCUT2D eigenvalue weighted by Crippen LogP contribution is -2.00. The van der Waals surface area contributed by atoms with Gasteiger partial charge < -0.3 is 9.15 Å². The molecule has 2 aromatic heterocycles. The summed E-state index contributed by atoms with van der Waals surface area (Å²) in [6, 6.07) is 19.1. The Balaban J connectivity index is 1.33. The molecule has 0 aliphatic carbocycles. The Morgan fingerprint density at radius 2 is 1.79 bits per heavy atom. The fourth-order valence-electron chi connectivity index (χ4n) is 2.50. The first kappa shape index (κ1) is 17.4. The Morgan fingerprint density at radius 1 is 1.04 bits per heavy atom. The fourth-order valence-corrected chi connectivity index (χ4v) is 2.50. The number of carbonyl (C=O) groups excluding carboxylic acids is 1. The van der Waals surface area contributed by atoms with E-state index in [4.69, 9.17) is 9.15 Å². The molecule has 0 radical (unpaired) electrons. The summed E-state index contributed by atoms with van der Waals surface area (Å²) in [7, 11) is 0. The first-order chi connectivity index (χ1) is 13.8. The van der Waals surface area contributed by atoms with Gasteiger partial charge in [-0.25, -0.2) is 9.48 Å². The van der Waals surface area contributed by atoms with Gasteiger partial charge in [-0.05, 0) is 30.3 Å². The van der Waals surface area contributed by atoms with Gasteiger partial charge in [0.1, 0.15) is 0 Å². The van der Waals surface area contributed by atoms with Gasteiger partial charge in [-0.3, -0.25) is 0 Å². The third-order valence-corrected chi connectivity index (χ3v) is 3.86. The van der Waals surface area contributed by atoms with Crippen LogP contribution >= 0.6 is 0 Å². The normalized spacial score (nSPS) is 11.0. The molecular weight excluding hydrogens is 356 g/mol. The highest BCUT2D eigenvalue weighted by molar-refractivity contribution is 5.86. The van der Waals surface area contributed by atoms with E-state index in [1.807, 2.05) is 66.9 Å². The largest absolute Gasteiger partial charge is 0.452 e. The molecule has 0 saturated carbocycles. The van der Waals surface area contributed by atoms with E-state index in [0.29, 0.717) is 5.89 Å². The molecule has 0 aliphatic heterocycles. The molecule has 0 N–H and O–H groups in total. The van der Waals surface area contributed by atoms with E-state index in [0.717, 1.165) is 16.8 Å². The number of esters is 1. The average Bonchev–Trinajstić information content (AvgIpc) is 3.42. The first-order valence-corrected chi connectivity index (χ1v) is 8.61. The van der Waals surface area contributed by atoms with Crippen molar-refractivity contribution in [3.8, 4) is 17.1 Å². The zero-order chi connectivity index (χ0) is 19.2. The average molecular weight is 372 g/mol. The molecule has 0 atom stereocenters. The maximum atomic E-state index is 11.9. The van der Waals surface area contributed by atoms with Gasteiger partial charge in [0.2, 0.25) is 5.89 Å². The Kier molecular flexibility index (Phi) is 5.06. The second-order valence-corrected chi connectivity index (χ2v) is 5.86. The second kappa shape index (κ2) is 8.13. The molecule has 138 valence electrons. The molecule has 28 heavy (non-hydrogen) atoms. The number of nitrogens with zero attached hydrogens (tertiary/aromatic N) is 4. The van der Waals surface area contributed by atoms with Crippen LogP contribution in [0, 0.1) is 0 Å². The molecule has 7 nitrogen and oxygen atoms in total. The molecule has 4 rings (SSSR count). The quantitative estimate of drug-likeness (QED) is 0.379. The van der Waals surface area contributed by atoms with Gasteiger partial charge in [-0.1, -0.05) is 36.4 Å². The highest BCUT2D eigenvalue weighted by atomic mass is 16.5. The maximum absolute atomic E-state index is 11.9. The number of carbonyl (C=O) groups is 1. The van der Waals surface area contributed by atoms with E-state index in [2.05, 4.69) is 15.3 Å². The van der Waals surface area contributed by atoms with E-state index in [9.17, 15) is 4.79 Å². The predicted octanol–water partition coefficient (Wildman–Crippen LogP) is 3.68. The predicted molar refractivity (Wildman–Crippen MR) is 102 cm³/mol. The van der Waals surface area contributed by atoms with Crippen LogP contribution in [0.15, 0.2) is 83.6 Å². The molecule has 0 spiro atoms. The summed E-state index contributed by atoms with van der Waals surface area (Å²) < 4.78 is 12.4. The SMILES string of the molecule is O=C(/C=C/c1cnn(-c2ccccc2)c1)OCc1nnc(-c2ccccc2)o1. The minimum Gasteiger partial charge on any atom is -0.452 e. The van der Waals surface area contributed by atoms with Crippen LogP contribution in [0.25, 0.3) is 23.2 Å². The monoisotopic (exact) mass is 372 g/mol. The van der Waals surface area contributed by atoms with Gasteiger partial charge in [-0.15, -0.1) is 10.2 Å². The highest BCUT2D eigenvalue weighted by Crippen LogP contribution is 2.17. The van der Waals surface area contributed by atoms with Gasteiger partial charge in [0, 0.05) is 23.4 Å². The van der Waals surface area contributed by atoms with Gasteiger partial charge >= 0.3 is 5.97 Å². The Bertz CT molecular complexity index is 1090. The lowest BCUT2D eigenvalue weighted by atomic mass is 10.2. The third-order valence-electron chi connectivity index (χ3n) is 3.86. The zero-order valence-electron chi connectivity index (χ0n) is 14.8. The molecule has 7 heteroatoms. The molecule has 2 aromatic carbocycles. The minimum atomic E-state index is -0.507. The van der Waals surface area contributed by atoms with Crippen molar-refractivity contribution < 1.29 is 13.9 Å². The number of hydrogen-bond acceptors (Lipinski definition) is 6. The van der Waals surface area contributed by atoms with E-state index < -0.39 is 5.97 Å². The number of hydrogen-bond donors (Lipinski definition) is 0. The van der Waals surface area contributed by atoms with Crippen LogP contribution in [0.3, 0.4) is 0 Å². The van der Waals surface area contributed by atoms with Gasteiger partial charge in [-0.2, -0.15) is 5.10 Å². The number of rotatable bonds is 6. The van der Waals surface area contributed by atoms with Crippen LogP contribution in [0.2, 0.25) is 0 Å². The van der Waals surface area contributed by atoms with E-state index in [-0.39, 0.29) is 12.5 Å². The summed E-state index contributed by atoms with van der Waals surface area (Å²) >= 11 is 0. The summed E-state index contributed by atoms with van der Waals surface area (Å²) in [6.07, 6.45) is 6.46. The molecular formula is C21H16N4O3. The van der Waals surface area contributed by atoms with E-state index >= 15 is 0 Å². The van der Waals surface area contributed by atoms with Crippen molar-refractivity contribution in [2.45, 2.75) is 6.61 Å².